The van der Waals surface area contributed by atoms with Crippen LogP contribution in [-0.2, 0) is 11.4 Å². The number of pyridine rings is 1. The Hall–Kier alpha value is -2.02. The van der Waals surface area contributed by atoms with Crippen molar-refractivity contribution in [3.63, 3.8) is 0 Å². The van der Waals surface area contributed by atoms with Gasteiger partial charge in [0.25, 0.3) is 0 Å². The zero-order chi connectivity index (χ0) is 16.8. The summed E-state index contributed by atoms with van der Waals surface area (Å²) in [6.45, 7) is 0.192. The first kappa shape index (κ1) is 17.3. The SMILES string of the molecule is CON(C)C(=O)Nc1ccc(OCc2nc(Cl)ccc2Cl)cc1. The number of ether oxygens (including phenoxy) is 1. The summed E-state index contributed by atoms with van der Waals surface area (Å²) >= 11 is 11.8. The molecular formula is C15H15Cl2N3O3. The lowest BCUT2D eigenvalue weighted by atomic mass is 10.3. The number of aromatic nitrogens is 1. The standard InChI is InChI=1S/C15H15Cl2N3O3/c1-20(22-2)15(21)18-10-3-5-11(6-4-10)23-9-13-12(16)7-8-14(17)19-13/h3-8H,9H2,1-2H3,(H,18,21). The van der Waals surface area contributed by atoms with Gasteiger partial charge in [-0.05, 0) is 36.4 Å². The highest BCUT2D eigenvalue weighted by atomic mass is 35.5. The Kier molecular flexibility index (Phi) is 6.04. The minimum atomic E-state index is -0.379. The average molecular weight is 356 g/mol. The summed E-state index contributed by atoms with van der Waals surface area (Å²) in [5, 5.41) is 4.59. The topological polar surface area (TPSA) is 63.7 Å². The van der Waals surface area contributed by atoms with Crippen molar-refractivity contribution >= 4 is 34.9 Å². The van der Waals surface area contributed by atoms with E-state index in [1.54, 1.807) is 36.4 Å². The summed E-state index contributed by atoms with van der Waals surface area (Å²) < 4.78 is 5.60. The first-order valence-corrected chi connectivity index (χ1v) is 7.38. The molecule has 1 aromatic carbocycles. The molecule has 122 valence electrons. The number of urea groups is 1. The molecule has 0 saturated heterocycles. The van der Waals surface area contributed by atoms with Crippen LogP contribution in [0, 0.1) is 0 Å². The van der Waals surface area contributed by atoms with E-state index in [1.807, 2.05) is 0 Å². The quantitative estimate of drug-likeness (QED) is 0.650. The maximum Gasteiger partial charge on any atom is 0.345 e. The van der Waals surface area contributed by atoms with E-state index >= 15 is 0 Å². The normalized spacial score (nSPS) is 10.3. The Labute approximate surface area is 143 Å². The highest BCUT2D eigenvalue weighted by Crippen LogP contribution is 2.21. The zero-order valence-electron chi connectivity index (χ0n) is 12.5. The van der Waals surface area contributed by atoms with E-state index in [0.29, 0.717) is 27.3 Å². The lowest BCUT2D eigenvalue weighted by Crippen LogP contribution is -2.30. The molecule has 0 aliphatic carbocycles. The van der Waals surface area contributed by atoms with Crippen molar-refractivity contribution in [1.29, 1.82) is 0 Å². The number of nitrogens with zero attached hydrogens (tertiary/aromatic N) is 2. The van der Waals surface area contributed by atoms with Gasteiger partial charge in [0.1, 0.15) is 17.5 Å². The van der Waals surface area contributed by atoms with Crippen LogP contribution in [-0.4, -0.2) is 30.2 Å². The monoisotopic (exact) mass is 355 g/mol. The molecule has 1 aromatic heterocycles. The first-order valence-electron chi connectivity index (χ1n) is 6.62. The minimum Gasteiger partial charge on any atom is -0.487 e. The number of carbonyl (C=O) groups is 1. The Balaban J connectivity index is 1.95. The van der Waals surface area contributed by atoms with Crippen molar-refractivity contribution in [3.05, 3.63) is 52.3 Å². The molecule has 1 N–H and O–H groups in total. The van der Waals surface area contributed by atoms with Gasteiger partial charge in [0.15, 0.2) is 0 Å². The smallest absolute Gasteiger partial charge is 0.345 e. The molecule has 0 saturated carbocycles. The molecule has 0 bridgehead atoms. The molecule has 2 rings (SSSR count). The molecule has 0 atom stereocenters. The number of halogens is 2. The second-order valence-electron chi connectivity index (χ2n) is 4.49. The summed E-state index contributed by atoms with van der Waals surface area (Å²) in [6, 6.07) is 9.77. The van der Waals surface area contributed by atoms with E-state index in [9.17, 15) is 4.79 Å². The molecule has 0 aliphatic rings. The number of hydrogen-bond acceptors (Lipinski definition) is 4. The Morgan fingerprint density at radius 2 is 1.91 bits per heavy atom. The van der Waals surface area contributed by atoms with Crippen molar-refractivity contribution in [1.82, 2.24) is 10.0 Å². The van der Waals surface area contributed by atoms with E-state index in [-0.39, 0.29) is 12.6 Å². The summed E-state index contributed by atoms with van der Waals surface area (Å²) in [4.78, 5) is 20.5. The second-order valence-corrected chi connectivity index (χ2v) is 5.28. The lowest BCUT2D eigenvalue weighted by molar-refractivity contribution is -0.0598. The van der Waals surface area contributed by atoms with Crippen LogP contribution in [0.15, 0.2) is 36.4 Å². The fourth-order valence-electron chi connectivity index (χ4n) is 1.63. The molecule has 2 aromatic rings. The largest absolute Gasteiger partial charge is 0.487 e. The number of carbonyl (C=O) groups excluding carboxylic acids is 1. The average Bonchev–Trinajstić information content (AvgIpc) is 2.56. The highest BCUT2D eigenvalue weighted by molar-refractivity contribution is 6.32. The number of anilines is 1. The number of benzene rings is 1. The van der Waals surface area contributed by atoms with Crippen molar-refractivity contribution in [2.24, 2.45) is 0 Å². The first-order chi connectivity index (χ1) is 11.0. The number of nitrogens with one attached hydrogen (secondary N) is 1. The van der Waals surface area contributed by atoms with E-state index in [0.717, 1.165) is 5.06 Å². The molecule has 0 fully saturated rings. The molecule has 2 amide bonds. The third-order valence-electron chi connectivity index (χ3n) is 2.93. The van der Waals surface area contributed by atoms with Gasteiger partial charge in [0, 0.05) is 12.7 Å². The molecule has 0 spiro atoms. The predicted molar refractivity (Wildman–Crippen MR) is 88.8 cm³/mol. The third-order valence-corrected chi connectivity index (χ3v) is 3.48. The van der Waals surface area contributed by atoms with Crippen molar-refractivity contribution in [2.75, 3.05) is 19.5 Å². The predicted octanol–water partition coefficient (Wildman–Crippen LogP) is 3.99. The Morgan fingerprint density at radius 1 is 1.22 bits per heavy atom. The van der Waals surface area contributed by atoms with Crippen LogP contribution in [0.4, 0.5) is 10.5 Å². The van der Waals surface area contributed by atoms with E-state index in [4.69, 9.17) is 32.8 Å². The summed E-state index contributed by atoms with van der Waals surface area (Å²) in [5.41, 5.74) is 1.17. The molecule has 23 heavy (non-hydrogen) atoms. The van der Waals surface area contributed by atoms with E-state index < -0.39 is 0 Å². The molecule has 6 nitrogen and oxygen atoms in total. The highest BCUT2D eigenvalue weighted by Gasteiger charge is 2.08. The van der Waals surface area contributed by atoms with Crippen LogP contribution in [0.2, 0.25) is 10.2 Å². The molecule has 0 unspecified atom stereocenters. The summed E-state index contributed by atoms with van der Waals surface area (Å²) in [5.74, 6) is 0.612. The van der Waals surface area contributed by atoms with Gasteiger partial charge < -0.3 is 10.1 Å². The van der Waals surface area contributed by atoms with Crippen molar-refractivity contribution in [3.8, 4) is 5.75 Å². The molecule has 0 aliphatic heterocycles. The van der Waals surface area contributed by atoms with Gasteiger partial charge in [-0.15, -0.1) is 0 Å². The fraction of sp³-hybridized carbons (Fsp3) is 0.200. The molecular weight excluding hydrogens is 341 g/mol. The van der Waals surface area contributed by atoms with Crippen LogP contribution in [0.3, 0.4) is 0 Å². The number of rotatable bonds is 5. The summed E-state index contributed by atoms with van der Waals surface area (Å²) in [6.07, 6.45) is 0. The van der Waals surface area contributed by atoms with Crippen molar-refractivity contribution in [2.45, 2.75) is 6.61 Å². The van der Waals surface area contributed by atoms with Gasteiger partial charge in [-0.3, -0.25) is 4.84 Å². The van der Waals surface area contributed by atoms with Gasteiger partial charge in [-0.1, -0.05) is 23.2 Å². The molecule has 0 radical (unpaired) electrons. The second kappa shape index (κ2) is 8.01. The maximum absolute atomic E-state index is 11.6. The van der Waals surface area contributed by atoms with Gasteiger partial charge in [0.05, 0.1) is 17.8 Å². The Bertz CT molecular complexity index is 680. The molecule has 8 heteroatoms. The number of hydroxylamine groups is 2. The lowest BCUT2D eigenvalue weighted by Gasteiger charge is -2.14. The van der Waals surface area contributed by atoms with Gasteiger partial charge in [-0.2, -0.15) is 0 Å². The molecule has 1 heterocycles. The van der Waals surface area contributed by atoms with E-state index in [2.05, 4.69) is 10.3 Å². The zero-order valence-corrected chi connectivity index (χ0v) is 14.1. The van der Waals surface area contributed by atoms with Crippen LogP contribution in [0.5, 0.6) is 5.75 Å². The van der Waals surface area contributed by atoms with Crippen LogP contribution in [0.1, 0.15) is 5.69 Å². The van der Waals surface area contributed by atoms with E-state index in [1.165, 1.54) is 14.2 Å². The third kappa shape index (κ3) is 4.99. The minimum absolute atomic E-state index is 0.192. The van der Waals surface area contributed by atoms with Crippen LogP contribution >= 0.6 is 23.2 Å². The fourth-order valence-corrected chi connectivity index (χ4v) is 1.96. The van der Waals surface area contributed by atoms with Crippen molar-refractivity contribution < 1.29 is 14.4 Å². The van der Waals surface area contributed by atoms with Crippen LogP contribution in [0.25, 0.3) is 0 Å². The van der Waals surface area contributed by atoms with Gasteiger partial charge >= 0.3 is 6.03 Å². The Morgan fingerprint density at radius 3 is 2.57 bits per heavy atom. The van der Waals surface area contributed by atoms with Gasteiger partial charge in [0.2, 0.25) is 0 Å². The number of hydrogen-bond donors (Lipinski definition) is 1. The summed E-state index contributed by atoms with van der Waals surface area (Å²) in [7, 11) is 2.92. The maximum atomic E-state index is 11.6. The number of amides is 2. The van der Waals surface area contributed by atoms with Crippen LogP contribution < -0.4 is 10.1 Å². The van der Waals surface area contributed by atoms with Gasteiger partial charge in [-0.25, -0.2) is 14.8 Å².